The molecule has 146 valence electrons. The lowest BCUT2D eigenvalue weighted by Crippen LogP contribution is -2.31. The standard InChI is InChI=1S/C21H19N5OS2/c22-14(7-13-9-23-16-4-2-1-3-15(13)16)10-24-20-25-11-19(28-20)12-5-6-17-18(8-12)29-21(27)26-17/h1-6,8-9,11,14,23H,7,10,22H2,(H,24,25)(H,26,27)/t14-/m0/s1. The van der Waals surface area contributed by atoms with Crippen molar-refractivity contribution in [1.29, 1.82) is 0 Å². The summed E-state index contributed by atoms with van der Waals surface area (Å²) in [5, 5.41) is 5.42. The van der Waals surface area contributed by atoms with Crippen LogP contribution in [-0.4, -0.2) is 27.5 Å². The number of benzene rings is 2. The van der Waals surface area contributed by atoms with Crippen molar-refractivity contribution < 1.29 is 0 Å². The highest BCUT2D eigenvalue weighted by atomic mass is 32.1. The molecule has 6 nitrogen and oxygen atoms in total. The van der Waals surface area contributed by atoms with Gasteiger partial charge in [-0.2, -0.15) is 0 Å². The van der Waals surface area contributed by atoms with E-state index in [0.717, 1.165) is 37.7 Å². The maximum atomic E-state index is 11.5. The predicted molar refractivity (Wildman–Crippen MR) is 122 cm³/mol. The largest absolute Gasteiger partial charge is 0.361 e. The average molecular weight is 422 g/mol. The van der Waals surface area contributed by atoms with E-state index in [9.17, 15) is 4.79 Å². The smallest absolute Gasteiger partial charge is 0.305 e. The van der Waals surface area contributed by atoms with Gasteiger partial charge >= 0.3 is 4.87 Å². The van der Waals surface area contributed by atoms with E-state index in [0.29, 0.717) is 6.54 Å². The van der Waals surface area contributed by atoms with Crippen LogP contribution in [0.2, 0.25) is 0 Å². The molecule has 0 spiro atoms. The highest BCUT2D eigenvalue weighted by Crippen LogP contribution is 2.31. The molecule has 0 saturated heterocycles. The van der Waals surface area contributed by atoms with E-state index in [1.165, 1.54) is 22.3 Å². The van der Waals surface area contributed by atoms with E-state index in [4.69, 9.17) is 5.73 Å². The molecule has 0 aliphatic rings. The second kappa shape index (κ2) is 7.47. The number of nitrogens with two attached hydrogens (primary N) is 1. The topological polar surface area (TPSA) is 99.6 Å². The van der Waals surface area contributed by atoms with Crippen LogP contribution in [0.25, 0.3) is 31.6 Å². The van der Waals surface area contributed by atoms with Crippen molar-refractivity contribution in [2.45, 2.75) is 12.5 Å². The molecule has 0 aliphatic heterocycles. The predicted octanol–water partition coefficient (Wildman–Crippen LogP) is 4.18. The Morgan fingerprint density at radius 1 is 1.14 bits per heavy atom. The zero-order valence-electron chi connectivity index (χ0n) is 15.4. The lowest BCUT2D eigenvalue weighted by Gasteiger charge is -2.11. The molecular formula is C21H19N5OS2. The van der Waals surface area contributed by atoms with Crippen molar-refractivity contribution >= 4 is 48.9 Å². The number of H-pyrrole nitrogens is 2. The summed E-state index contributed by atoms with van der Waals surface area (Å²) < 4.78 is 0.955. The summed E-state index contributed by atoms with van der Waals surface area (Å²) in [6, 6.07) is 14.2. The number of nitrogens with one attached hydrogen (secondary N) is 3. The van der Waals surface area contributed by atoms with Gasteiger partial charge in [-0.25, -0.2) is 4.98 Å². The molecule has 5 N–H and O–H groups in total. The van der Waals surface area contributed by atoms with Crippen molar-refractivity contribution in [3.05, 3.63) is 70.1 Å². The van der Waals surface area contributed by atoms with Crippen LogP contribution >= 0.6 is 22.7 Å². The summed E-state index contributed by atoms with van der Waals surface area (Å²) >= 11 is 2.81. The fraction of sp³-hybridized carbons (Fsp3) is 0.143. The van der Waals surface area contributed by atoms with Crippen molar-refractivity contribution in [2.24, 2.45) is 5.73 Å². The molecule has 5 rings (SSSR count). The summed E-state index contributed by atoms with van der Waals surface area (Å²) in [4.78, 5) is 23.1. The Kier molecular flexibility index (Phi) is 4.67. The Bertz CT molecular complexity index is 1350. The van der Waals surface area contributed by atoms with Crippen LogP contribution in [0.1, 0.15) is 5.56 Å². The Morgan fingerprint density at radius 3 is 2.97 bits per heavy atom. The van der Waals surface area contributed by atoms with E-state index in [1.54, 1.807) is 11.3 Å². The number of anilines is 1. The fourth-order valence-electron chi connectivity index (χ4n) is 3.46. The molecule has 2 aromatic carbocycles. The molecule has 3 aromatic heterocycles. The molecule has 0 fully saturated rings. The van der Waals surface area contributed by atoms with E-state index < -0.39 is 0 Å². The summed E-state index contributed by atoms with van der Waals surface area (Å²) in [5.74, 6) is 0. The lowest BCUT2D eigenvalue weighted by atomic mass is 10.1. The number of hydrogen-bond acceptors (Lipinski definition) is 6. The number of thiazole rings is 2. The first kappa shape index (κ1) is 18.1. The second-order valence-electron chi connectivity index (χ2n) is 6.96. The van der Waals surface area contributed by atoms with Gasteiger partial charge in [0, 0.05) is 35.9 Å². The number of nitrogens with zero attached hydrogens (tertiary/aromatic N) is 1. The van der Waals surface area contributed by atoms with E-state index >= 15 is 0 Å². The molecule has 0 bridgehead atoms. The van der Waals surface area contributed by atoms with Gasteiger partial charge in [-0.3, -0.25) is 4.79 Å². The molecule has 29 heavy (non-hydrogen) atoms. The summed E-state index contributed by atoms with van der Waals surface area (Å²) in [5.41, 5.74) is 10.6. The van der Waals surface area contributed by atoms with Gasteiger partial charge in [0.25, 0.3) is 0 Å². The molecule has 0 radical (unpaired) electrons. The third-order valence-electron chi connectivity index (χ3n) is 4.88. The molecule has 0 saturated carbocycles. The normalized spacial score (nSPS) is 12.6. The number of rotatable bonds is 6. The Hall–Kier alpha value is -2.94. The zero-order chi connectivity index (χ0) is 19.8. The van der Waals surface area contributed by atoms with Crippen LogP contribution in [0, 0.1) is 0 Å². The first-order valence-electron chi connectivity index (χ1n) is 9.29. The third kappa shape index (κ3) is 3.69. The van der Waals surface area contributed by atoms with Crippen molar-refractivity contribution in [3.63, 3.8) is 0 Å². The van der Waals surface area contributed by atoms with Crippen LogP contribution in [0.15, 0.2) is 59.7 Å². The first-order chi connectivity index (χ1) is 14.2. The van der Waals surface area contributed by atoms with Crippen LogP contribution in [0.4, 0.5) is 5.13 Å². The minimum absolute atomic E-state index is 0.0185. The molecule has 0 unspecified atom stereocenters. The summed E-state index contributed by atoms with van der Waals surface area (Å²) in [7, 11) is 0. The SMILES string of the molecule is N[C@H](CNc1ncc(-c2ccc3[nH]c(=O)sc3c2)s1)Cc1c[nH]c2ccccc12. The van der Waals surface area contributed by atoms with Crippen LogP contribution in [-0.2, 0) is 6.42 Å². The maximum Gasteiger partial charge on any atom is 0.305 e. The molecular weight excluding hydrogens is 402 g/mol. The highest BCUT2D eigenvalue weighted by molar-refractivity contribution is 7.19. The molecule has 0 amide bonds. The Balaban J connectivity index is 1.25. The molecule has 1 atom stereocenters. The maximum absolute atomic E-state index is 11.5. The highest BCUT2D eigenvalue weighted by Gasteiger charge is 2.11. The van der Waals surface area contributed by atoms with E-state index in [1.807, 2.05) is 42.7 Å². The first-order valence-corrected chi connectivity index (χ1v) is 10.9. The van der Waals surface area contributed by atoms with Crippen molar-refractivity contribution in [1.82, 2.24) is 15.0 Å². The lowest BCUT2D eigenvalue weighted by molar-refractivity contribution is 0.702. The van der Waals surface area contributed by atoms with Gasteiger partial charge < -0.3 is 21.0 Å². The van der Waals surface area contributed by atoms with Gasteiger partial charge in [-0.1, -0.05) is 46.9 Å². The quantitative estimate of drug-likeness (QED) is 0.330. The van der Waals surface area contributed by atoms with Gasteiger partial charge in [0.1, 0.15) is 0 Å². The van der Waals surface area contributed by atoms with Gasteiger partial charge in [0.2, 0.25) is 0 Å². The fourth-order valence-corrected chi connectivity index (χ4v) is 5.06. The summed E-state index contributed by atoms with van der Waals surface area (Å²) in [6.45, 7) is 0.644. The molecule has 3 heterocycles. The second-order valence-corrected chi connectivity index (χ2v) is 9.01. The van der Waals surface area contributed by atoms with E-state index in [2.05, 4.69) is 32.4 Å². The minimum atomic E-state index is -0.0343. The number of aromatic amines is 2. The molecule has 5 aromatic rings. The third-order valence-corrected chi connectivity index (χ3v) is 6.73. The number of aromatic nitrogens is 3. The average Bonchev–Trinajstić information content (AvgIpc) is 3.44. The molecule has 0 aliphatic carbocycles. The van der Waals surface area contributed by atoms with Crippen LogP contribution < -0.4 is 15.9 Å². The Labute approximate surface area is 174 Å². The number of hydrogen-bond donors (Lipinski definition) is 4. The van der Waals surface area contributed by atoms with Gasteiger partial charge in [-0.05, 0) is 35.7 Å². The van der Waals surface area contributed by atoms with Gasteiger partial charge in [0.05, 0.1) is 15.1 Å². The van der Waals surface area contributed by atoms with Gasteiger partial charge in [0.15, 0.2) is 5.13 Å². The van der Waals surface area contributed by atoms with E-state index in [-0.39, 0.29) is 10.9 Å². The minimum Gasteiger partial charge on any atom is -0.361 e. The monoisotopic (exact) mass is 421 g/mol. The van der Waals surface area contributed by atoms with Crippen molar-refractivity contribution in [2.75, 3.05) is 11.9 Å². The zero-order valence-corrected chi connectivity index (χ0v) is 17.1. The van der Waals surface area contributed by atoms with Crippen molar-refractivity contribution in [3.8, 4) is 10.4 Å². The van der Waals surface area contributed by atoms with Crippen LogP contribution in [0.3, 0.4) is 0 Å². The van der Waals surface area contributed by atoms with Crippen LogP contribution in [0.5, 0.6) is 0 Å². The Morgan fingerprint density at radius 2 is 2.03 bits per heavy atom. The number of para-hydroxylation sites is 1. The van der Waals surface area contributed by atoms with Gasteiger partial charge in [-0.15, -0.1) is 0 Å². The summed E-state index contributed by atoms with van der Waals surface area (Å²) in [6.07, 6.45) is 4.69. The number of fused-ring (bicyclic) bond motifs is 2. The molecule has 8 heteroatoms.